The summed E-state index contributed by atoms with van der Waals surface area (Å²) in [6.07, 6.45) is 1.12. The van der Waals surface area contributed by atoms with Crippen LogP contribution in [0.4, 0.5) is 11.4 Å². The van der Waals surface area contributed by atoms with Crippen molar-refractivity contribution in [1.82, 2.24) is 0 Å². The Morgan fingerprint density at radius 2 is 1.75 bits per heavy atom. The lowest BCUT2D eigenvalue weighted by Crippen LogP contribution is -2.43. The summed E-state index contributed by atoms with van der Waals surface area (Å²) in [7, 11) is 0. The van der Waals surface area contributed by atoms with Crippen LogP contribution in [0.15, 0.2) is 53.7 Å². The van der Waals surface area contributed by atoms with E-state index in [-0.39, 0.29) is 29.4 Å². The Morgan fingerprint density at radius 3 is 2.41 bits per heavy atom. The Bertz CT molecular complexity index is 1150. The van der Waals surface area contributed by atoms with Crippen molar-refractivity contribution in [2.24, 2.45) is 5.41 Å². The number of anilines is 2. The highest BCUT2D eigenvalue weighted by Crippen LogP contribution is 2.49. The topological polar surface area (TPSA) is 66.5 Å². The number of rotatable bonds is 3. The first-order valence-corrected chi connectivity index (χ1v) is 11.2. The Kier molecular flexibility index (Phi) is 5.91. The van der Waals surface area contributed by atoms with Gasteiger partial charge in [-0.1, -0.05) is 49.2 Å². The molecule has 1 N–H and O–H groups in total. The van der Waals surface area contributed by atoms with Crippen LogP contribution in [0.2, 0.25) is 10.0 Å². The summed E-state index contributed by atoms with van der Waals surface area (Å²) < 4.78 is 0. The molecule has 0 spiro atoms. The van der Waals surface area contributed by atoms with Gasteiger partial charge in [-0.05, 0) is 47.7 Å². The maximum Gasteiger partial charge on any atom is 0.232 e. The van der Waals surface area contributed by atoms with Crippen LogP contribution in [0.1, 0.15) is 51.5 Å². The average Bonchev–Trinajstić information content (AvgIpc) is 2.69. The highest BCUT2D eigenvalue weighted by atomic mass is 35.5. The summed E-state index contributed by atoms with van der Waals surface area (Å²) in [5, 5.41) is 3.51. The van der Waals surface area contributed by atoms with Crippen LogP contribution in [0.5, 0.6) is 0 Å². The van der Waals surface area contributed by atoms with Gasteiger partial charge < -0.3 is 5.32 Å². The number of allylic oxidation sites excluding steroid dienone is 2. The standard InChI is InChI=1S/C25H24Cl2N2O3/c1-14(30)28-15-7-9-16(10-8-15)29-20-12-25(2,3)13-21(31)23(20)18(11-22(29)32)17-5-4-6-19(26)24(17)27/h4-10,18H,11-13H2,1-3H3,(H,28,30). The number of halogens is 2. The molecule has 5 nitrogen and oxygen atoms in total. The van der Waals surface area contributed by atoms with E-state index in [9.17, 15) is 14.4 Å². The van der Waals surface area contributed by atoms with Gasteiger partial charge in [0, 0.05) is 48.3 Å². The van der Waals surface area contributed by atoms with E-state index in [1.807, 2.05) is 19.9 Å². The third-order valence-corrected chi connectivity index (χ3v) is 6.78. The summed E-state index contributed by atoms with van der Waals surface area (Å²) in [6, 6.07) is 12.4. The normalized spacial score (nSPS) is 20.3. The molecular formula is C25H24Cl2N2O3. The number of benzene rings is 2. The lowest BCUT2D eigenvalue weighted by atomic mass is 9.69. The Morgan fingerprint density at radius 1 is 1.06 bits per heavy atom. The molecule has 1 atom stereocenters. The van der Waals surface area contributed by atoms with E-state index in [4.69, 9.17) is 23.2 Å². The lowest BCUT2D eigenvalue weighted by Gasteiger charge is -2.43. The zero-order chi connectivity index (χ0) is 23.2. The van der Waals surface area contributed by atoms with E-state index in [0.29, 0.717) is 45.4 Å². The fourth-order valence-electron chi connectivity index (χ4n) is 4.67. The Labute approximate surface area is 197 Å². The Balaban J connectivity index is 1.85. The number of carbonyl (C=O) groups is 3. The summed E-state index contributed by atoms with van der Waals surface area (Å²) >= 11 is 12.7. The molecular weight excluding hydrogens is 447 g/mol. The van der Waals surface area contributed by atoms with Crippen molar-refractivity contribution in [3.8, 4) is 0 Å². The van der Waals surface area contributed by atoms with Gasteiger partial charge in [0.2, 0.25) is 11.8 Å². The number of Topliss-reactive ketones (excluding diaryl/α,β-unsaturated/α-hetero) is 1. The first kappa shape index (κ1) is 22.6. The second kappa shape index (κ2) is 8.38. The third-order valence-electron chi connectivity index (χ3n) is 5.95. The van der Waals surface area contributed by atoms with Crippen molar-refractivity contribution in [1.29, 1.82) is 0 Å². The fourth-order valence-corrected chi connectivity index (χ4v) is 5.11. The van der Waals surface area contributed by atoms with Gasteiger partial charge in [0.15, 0.2) is 5.78 Å². The van der Waals surface area contributed by atoms with Crippen molar-refractivity contribution in [3.05, 3.63) is 69.3 Å². The lowest BCUT2D eigenvalue weighted by molar-refractivity contribution is -0.121. The molecule has 1 unspecified atom stereocenters. The summed E-state index contributed by atoms with van der Waals surface area (Å²) in [6.45, 7) is 5.51. The number of nitrogens with zero attached hydrogens (tertiary/aromatic N) is 1. The summed E-state index contributed by atoms with van der Waals surface area (Å²) in [5.74, 6) is -0.674. The van der Waals surface area contributed by atoms with Crippen LogP contribution in [-0.2, 0) is 14.4 Å². The predicted octanol–water partition coefficient (Wildman–Crippen LogP) is 6.12. The molecule has 1 aliphatic heterocycles. The predicted molar refractivity (Wildman–Crippen MR) is 127 cm³/mol. The second-order valence-corrected chi connectivity index (χ2v) is 9.94. The monoisotopic (exact) mass is 470 g/mol. The number of hydrogen-bond donors (Lipinski definition) is 1. The van der Waals surface area contributed by atoms with Crippen LogP contribution in [0, 0.1) is 5.41 Å². The molecule has 0 radical (unpaired) electrons. The Hall–Kier alpha value is -2.63. The molecule has 0 fully saturated rings. The van der Waals surface area contributed by atoms with E-state index >= 15 is 0 Å². The molecule has 0 saturated carbocycles. The van der Waals surface area contributed by atoms with Gasteiger partial charge >= 0.3 is 0 Å². The van der Waals surface area contributed by atoms with E-state index in [1.165, 1.54) is 6.92 Å². The van der Waals surface area contributed by atoms with Gasteiger partial charge in [0.05, 0.1) is 10.0 Å². The van der Waals surface area contributed by atoms with Crippen LogP contribution in [0.3, 0.4) is 0 Å². The number of ketones is 1. The molecule has 2 aliphatic rings. The molecule has 2 amide bonds. The molecule has 2 aromatic carbocycles. The molecule has 0 aromatic heterocycles. The first-order valence-electron chi connectivity index (χ1n) is 10.5. The van der Waals surface area contributed by atoms with Crippen LogP contribution in [0.25, 0.3) is 0 Å². The van der Waals surface area contributed by atoms with Gasteiger partial charge in [-0.15, -0.1) is 0 Å². The van der Waals surface area contributed by atoms with Crippen molar-refractivity contribution >= 4 is 52.2 Å². The molecule has 32 heavy (non-hydrogen) atoms. The summed E-state index contributed by atoms with van der Waals surface area (Å²) in [4.78, 5) is 39.8. The average molecular weight is 471 g/mol. The van der Waals surface area contributed by atoms with Crippen molar-refractivity contribution in [2.45, 2.75) is 46.0 Å². The number of amides is 2. The highest BCUT2D eigenvalue weighted by molar-refractivity contribution is 6.42. The van der Waals surface area contributed by atoms with E-state index in [2.05, 4.69) is 5.32 Å². The largest absolute Gasteiger partial charge is 0.326 e. The minimum absolute atomic E-state index is 0.0321. The van der Waals surface area contributed by atoms with Crippen molar-refractivity contribution < 1.29 is 14.4 Å². The van der Waals surface area contributed by atoms with Gasteiger partial charge in [0.1, 0.15) is 0 Å². The summed E-state index contributed by atoms with van der Waals surface area (Å²) in [5.41, 5.74) is 3.09. The zero-order valence-electron chi connectivity index (χ0n) is 18.2. The van der Waals surface area contributed by atoms with E-state index < -0.39 is 5.92 Å². The molecule has 4 rings (SSSR count). The second-order valence-electron chi connectivity index (χ2n) is 9.16. The number of carbonyl (C=O) groups excluding carboxylic acids is 3. The maximum absolute atomic E-state index is 13.4. The SMILES string of the molecule is CC(=O)Nc1ccc(N2C(=O)CC(c3cccc(Cl)c3Cl)C3=C2CC(C)(C)CC3=O)cc1. The maximum atomic E-state index is 13.4. The molecule has 0 bridgehead atoms. The molecule has 0 saturated heterocycles. The zero-order valence-corrected chi connectivity index (χ0v) is 19.7. The van der Waals surface area contributed by atoms with Gasteiger partial charge in [-0.2, -0.15) is 0 Å². The minimum Gasteiger partial charge on any atom is -0.326 e. The number of hydrogen-bond acceptors (Lipinski definition) is 3. The quantitative estimate of drug-likeness (QED) is 0.587. The molecule has 7 heteroatoms. The minimum atomic E-state index is -0.429. The van der Waals surface area contributed by atoms with Crippen molar-refractivity contribution in [3.63, 3.8) is 0 Å². The smallest absolute Gasteiger partial charge is 0.232 e. The van der Waals surface area contributed by atoms with Crippen molar-refractivity contribution in [2.75, 3.05) is 10.2 Å². The van der Waals surface area contributed by atoms with Crippen LogP contribution in [-0.4, -0.2) is 17.6 Å². The van der Waals surface area contributed by atoms with Gasteiger partial charge in [-0.25, -0.2) is 0 Å². The highest BCUT2D eigenvalue weighted by Gasteiger charge is 2.44. The van der Waals surface area contributed by atoms with Crippen LogP contribution >= 0.6 is 23.2 Å². The first-order chi connectivity index (χ1) is 15.1. The van der Waals surface area contributed by atoms with E-state index in [0.717, 1.165) is 5.70 Å². The molecule has 2 aromatic rings. The van der Waals surface area contributed by atoms with Crippen LogP contribution < -0.4 is 10.2 Å². The third kappa shape index (κ3) is 4.19. The van der Waals surface area contributed by atoms with E-state index in [1.54, 1.807) is 41.3 Å². The van der Waals surface area contributed by atoms with Gasteiger partial charge in [0.25, 0.3) is 0 Å². The molecule has 166 valence electrons. The number of nitrogens with one attached hydrogen (secondary N) is 1. The molecule has 1 aliphatic carbocycles. The molecule has 1 heterocycles. The fraction of sp³-hybridized carbons (Fsp3) is 0.320. The van der Waals surface area contributed by atoms with Gasteiger partial charge in [-0.3, -0.25) is 19.3 Å².